The number of aromatic nitrogens is 1. The summed E-state index contributed by atoms with van der Waals surface area (Å²) >= 11 is 0. The summed E-state index contributed by atoms with van der Waals surface area (Å²) in [6, 6.07) is 3.01. The number of alkyl halides is 3. The lowest BCUT2D eigenvalue weighted by atomic mass is 9.91. The van der Waals surface area contributed by atoms with Crippen molar-refractivity contribution >= 4 is 9.84 Å². The molecule has 0 N–H and O–H groups in total. The largest absolute Gasteiger partial charge is 0.433 e. The van der Waals surface area contributed by atoms with Gasteiger partial charge in [-0.15, -0.1) is 0 Å². The monoisotopic (exact) mass is 374 g/mol. The predicted molar refractivity (Wildman–Crippen MR) is 86.9 cm³/mol. The molecule has 1 saturated carbocycles. The zero-order valence-electron chi connectivity index (χ0n) is 13.8. The highest BCUT2D eigenvalue weighted by atomic mass is 32.2. The van der Waals surface area contributed by atoms with Crippen molar-refractivity contribution in [2.75, 3.05) is 24.6 Å². The van der Waals surface area contributed by atoms with Crippen molar-refractivity contribution in [3.05, 3.63) is 29.6 Å². The van der Waals surface area contributed by atoms with Gasteiger partial charge in [0.2, 0.25) is 0 Å². The summed E-state index contributed by atoms with van der Waals surface area (Å²) in [4.78, 5) is 5.97. The fraction of sp³-hybridized carbons (Fsp3) is 0.706. The SMILES string of the molecule is O=S1(=O)CC2(CCN([C@H]3CC[C@H](c4ccc(C(F)(F)F)nc4)C3)C2)C1. The molecule has 0 amide bonds. The normalized spacial score (nSPS) is 31.3. The van der Waals surface area contributed by atoms with Gasteiger partial charge in [0, 0.05) is 24.2 Å². The Morgan fingerprint density at radius 2 is 1.96 bits per heavy atom. The molecule has 1 aliphatic carbocycles. The molecule has 0 aromatic carbocycles. The standard InChI is InChI=1S/C17H21F3N2O2S/c18-17(19,20)15-4-2-13(8-21-15)12-1-3-14(7-12)22-6-5-16(9-22)10-25(23,24)11-16/h2,4,8,12,14H,1,3,5-7,9-11H2/t12-,14-/m0/s1. The Balaban J connectivity index is 1.37. The second-order valence-corrected chi connectivity index (χ2v) is 9.96. The number of halogens is 3. The molecule has 0 unspecified atom stereocenters. The summed E-state index contributed by atoms with van der Waals surface area (Å²) in [7, 11) is -2.82. The molecule has 3 heterocycles. The van der Waals surface area contributed by atoms with Gasteiger partial charge in [0.1, 0.15) is 5.69 Å². The smallest absolute Gasteiger partial charge is 0.300 e. The average Bonchev–Trinajstić information content (AvgIpc) is 3.12. The van der Waals surface area contributed by atoms with Crippen LogP contribution in [-0.4, -0.2) is 48.9 Å². The predicted octanol–water partition coefficient (Wildman–Crippen LogP) is 2.86. The van der Waals surface area contributed by atoms with Gasteiger partial charge < -0.3 is 0 Å². The van der Waals surface area contributed by atoms with Gasteiger partial charge in [-0.1, -0.05) is 6.07 Å². The van der Waals surface area contributed by atoms with E-state index in [9.17, 15) is 21.6 Å². The van der Waals surface area contributed by atoms with E-state index in [2.05, 4.69) is 9.88 Å². The van der Waals surface area contributed by atoms with Gasteiger partial charge in [-0.05, 0) is 49.8 Å². The molecule has 0 bridgehead atoms. The number of likely N-dealkylation sites (tertiary alicyclic amines) is 1. The number of pyridine rings is 1. The summed E-state index contributed by atoms with van der Waals surface area (Å²) < 4.78 is 60.9. The number of nitrogens with zero attached hydrogens (tertiary/aromatic N) is 2. The lowest BCUT2D eigenvalue weighted by Gasteiger charge is -2.38. The second kappa shape index (κ2) is 5.67. The van der Waals surface area contributed by atoms with Gasteiger partial charge in [0.15, 0.2) is 9.84 Å². The highest BCUT2D eigenvalue weighted by Crippen LogP contribution is 2.45. The van der Waals surface area contributed by atoms with Crippen LogP contribution in [-0.2, 0) is 16.0 Å². The van der Waals surface area contributed by atoms with E-state index in [0.29, 0.717) is 17.5 Å². The Morgan fingerprint density at radius 1 is 1.20 bits per heavy atom. The van der Waals surface area contributed by atoms with Crippen LogP contribution in [0.5, 0.6) is 0 Å². The first-order chi connectivity index (χ1) is 11.7. The Hall–Kier alpha value is -1.15. The van der Waals surface area contributed by atoms with E-state index in [-0.39, 0.29) is 11.3 Å². The second-order valence-electron chi connectivity index (χ2n) is 7.89. The third-order valence-corrected chi connectivity index (χ3v) is 8.09. The molecule has 3 fully saturated rings. The fourth-order valence-electron chi connectivity index (χ4n) is 4.81. The van der Waals surface area contributed by atoms with Crippen molar-refractivity contribution < 1.29 is 21.6 Å². The van der Waals surface area contributed by atoms with Gasteiger partial charge in [0.05, 0.1) is 11.5 Å². The van der Waals surface area contributed by atoms with Crippen molar-refractivity contribution in [3.8, 4) is 0 Å². The maximum Gasteiger partial charge on any atom is 0.433 e. The summed E-state index contributed by atoms with van der Waals surface area (Å²) in [6.07, 6.45) is 0.767. The van der Waals surface area contributed by atoms with Crippen LogP contribution in [0.2, 0.25) is 0 Å². The zero-order chi connectivity index (χ0) is 17.9. The first-order valence-corrected chi connectivity index (χ1v) is 10.5. The van der Waals surface area contributed by atoms with E-state index in [4.69, 9.17) is 0 Å². The number of sulfone groups is 1. The molecule has 4 nitrogen and oxygen atoms in total. The lowest BCUT2D eigenvalue weighted by molar-refractivity contribution is -0.141. The van der Waals surface area contributed by atoms with Crippen molar-refractivity contribution in [2.24, 2.45) is 5.41 Å². The number of rotatable bonds is 2. The lowest BCUT2D eigenvalue weighted by Crippen LogP contribution is -2.50. The van der Waals surface area contributed by atoms with Gasteiger partial charge in [-0.3, -0.25) is 9.88 Å². The molecule has 1 aromatic heterocycles. The molecule has 138 valence electrons. The highest BCUT2D eigenvalue weighted by molar-refractivity contribution is 7.92. The fourth-order valence-corrected chi connectivity index (χ4v) is 7.07. The van der Waals surface area contributed by atoms with Crippen LogP contribution in [0.15, 0.2) is 18.3 Å². The Morgan fingerprint density at radius 3 is 2.56 bits per heavy atom. The Kier molecular flexibility index (Phi) is 3.92. The van der Waals surface area contributed by atoms with Gasteiger partial charge in [-0.2, -0.15) is 13.2 Å². The Bertz CT molecular complexity index is 749. The van der Waals surface area contributed by atoms with Crippen LogP contribution in [0.25, 0.3) is 0 Å². The molecule has 2 aliphatic heterocycles. The molecule has 25 heavy (non-hydrogen) atoms. The maximum absolute atomic E-state index is 12.6. The first kappa shape index (κ1) is 17.3. The van der Waals surface area contributed by atoms with Crippen LogP contribution in [0, 0.1) is 5.41 Å². The van der Waals surface area contributed by atoms with E-state index in [0.717, 1.165) is 50.4 Å². The summed E-state index contributed by atoms with van der Waals surface area (Å²) in [6.45, 7) is 1.77. The minimum absolute atomic E-state index is 0.0349. The van der Waals surface area contributed by atoms with Crippen LogP contribution >= 0.6 is 0 Å². The van der Waals surface area contributed by atoms with Gasteiger partial charge in [-0.25, -0.2) is 8.42 Å². The van der Waals surface area contributed by atoms with Crippen LogP contribution in [0.3, 0.4) is 0 Å². The van der Waals surface area contributed by atoms with E-state index in [1.165, 1.54) is 6.20 Å². The van der Waals surface area contributed by atoms with Gasteiger partial charge >= 0.3 is 6.18 Å². The third-order valence-electron chi connectivity index (χ3n) is 5.99. The van der Waals surface area contributed by atoms with Crippen molar-refractivity contribution in [2.45, 2.75) is 43.8 Å². The van der Waals surface area contributed by atoms with Gasteiger partial charge in [0.25, 0.3) is 0 Å². The topological polar surface area (TPSA) is 50.3 Å². The van der Waals surface area contributed by atoms with E-state index < -0.39 is 21.7 Å². The molecule has 3 aliphatic rings. The number of hydrogen-bond acceptors (Lipinski definition) is 4. The van der Waals surface area contributed by atoms with Crippen molar-refractivity contribution in [1.29, 1.82) is 0 Å². The summed E-state index contributed by atoms with van der Waals surface area (Å²) in [5, 5.41) is 0. The molecule has 8 heteroatoms. The van der Waals surface area contributed by atoms with Crippen LogP contribution < -0.4 is 0 Å². The van der Waals surface area contributed by atoms with E-state index in [1.807, 2.05) is 0 Å². The molecule has 1 spiro atoms. The maximum atomic E-state index is 12.6. The average molecular weight is 374 g/mol. The molecule has 2 saturated heterocycles. The molecule has 1 aromatic rings. The van der Waals surface area contributed by atoms with Crippen molar-refractivity contribution in [1.82, 2.24) is 9.88 Å². The quantitative estimate of drug-likeness (QED) is 0.799. The molecular weight excluding hydrogens is 353 g/mol. The minimum atomic E-state index is -4.40. The van der Waals surface area contributed by atoms with E-state index in [1.54, 1.807) is 6.07 Å². The molecule has 4 rings (SSSR count). The molecule has 2 atom stereocenters. The number of hydrogen-bond donors (Lipinski definition) is 0. The van der Waals surface area contributed by atoms with E-state index >= 15 is 0 Å². The third kappa shape index (κ3) is 3.30. The minimum Gasteiger partial charge on any atom is -0.300 e. The van der Waals surface area contributed by atoms with Crippen LogP contribution in [0.1, 0.15) is 42.9 Å². The van der Waals surface area contributed by atoms with Crippen LogP contribution in [0.4, 0.5) is 13.2 Å². The first-order valence-electron chi connectivity index (χ1n) is 8.64. The summed E-state index contributed by atoms with van der Waals surface area (Å²) in [5.74, 6) is 0.867. The molecular formula is C17H21F3N2O2S. The summed E-state index contributed by atoms with van der Waals surface area (Å²) in [5.41, 5.74) is -0.0126. The highest BCUT2D eigenvalue weighted by Gasteiger charge is 2.53. The Labute approximate surface area is 145 Å². The molecule has 0 radical (unpaired) electrons. The zero-order valence-corrected chi connectivity index (χ0v) is 14.6. The van der Waals surface area contributed by atoms with Crippen molar-refractivity contribution in [3.63, 3.8) is 0 Å².